The van der Waals surface area contributed by atoms with E-state index in [4.69, 9.17) is 4.74 Å². The van der Waals surface area contributed by atoms with E-state index < -0.39 is 0 Å². The van der Waals surface area contributed by atoms with Gasteiger partial charge in [0, 0.05) is 0 Å². The largest absolute Gasteiger partial charge is 0.367 e. The predicted molar refractivity (Wildman–Crippen MR) is 65.8 cm³/mol. The summed E-state index contributed by atoms with van der Waals surface area (Å²) in [5.74, 6) is 0. The van der Waals surface area contributed by atoms with Gasteiger partial charge in [-0.15, -0.1) is 0 Å². The molecule has 2 nitrogen and oxygen atoms in total. The van der Waals surface area contributed by atoms with E-state index in [1.807, 2.05) is 0 Å². The van der Waals surface area contributed by atoms with Crippen LogP contribution in [0.4, 0.5) is 0 Å². The zero-order chi connectivity index (χ0) is 11.4. The molecule has 1 heterocycles. The molecule has 0 amide bonds. The minimum atomic E-state index is 0.305. The first-order valence-electron chi connectivity index (χ1n) is 6.38. The maximum absolute atomic E-state index is 5.92. The van der Waals surface area contributed by atoms with Crippen molar-refractivity contribution in [3.63, 3.8) is 0 Å². The van der Waals surface area contributed by atoms with Crippen LogP contribution >= 0.6 is 0 Å². The number of ether oxygens (including phenoxy) is 1. The lowest BCUT2D eigenvalue weighted by atomic mass is 9.97. The molecule has 0 saturated heterocycles. The zero-order valence-corrected chi connectivity index (χ0v) is 10.3. The van der Waals surface area contributed by atoms with Crippen LogP contribution < -0.4 is 4.90 Å². The number of likely N-dealkylation sites (N-methyl/N-ethyl adjacent to an activating group) is 1. The van der Waals surface area contributed by atoms with Gasteiger partial charge in [0.25, 0.3) is 0 Å². The Hall–Kier alpha value is -0.860. The second-order valence-electron chi connectivity index (χ2n) is 4.47. The van der Waals surface area contributed by atoms with Crippen LogP contribution in [0.15, 0.2) is 24.3 Å². The molecule has 16 heavy (non-hydrogen) atoms. The summed E-state index contributed by atoms with van der Waals surface area (Å²) in [4.78, 5) is 1.61. The van der Waals surface area contributed by atoms with Gasteiger partial charge in [0.15, 0.2) is 0 Å². The Morgan fingerprint density at radius 1 is 1.25 bits per heavy atom. The van der Waals surface area contributed by atoms with Crippen LogP contribution in [-0.4, -0.2) is 26.2 Å². The number of hydrogen-bond donors (Lipinski definition) is 1. The molecule has 1 aliphatic heterocycles. The maximum atomic E-state index is 5.92. The summed E-state index contributed by atoms with van der Waals surface area (Å²) in [7, 11) is 0. The Bertz CT molecular complexity index is 333. The normalized spacial score (nSPS) is 19.8. The second-order valence-corrected chi connectivity index (χ2v) is 4.47. The van der Waals surface area contributed by atoms with Crippen LogP contribution in [0, 0.1) is 0 Å². The number of fused-ring (bicyclic) bond motifs is 1. The van der Waals surface area contributed by atoms with Gasteiger partial charge in [-0.1, -0.05) is 24.3 Å². The SMILES string of the molecule is CC[NH+](CC)C[C@@H]1OCCc2ccccc21. The maximum Gasteiger partial charge on any atom is 0.132 e. The predicted octanol–water partition coefficient (Wildman–Crippen LogP) is 1.23. The summed E-state index contributed by atoms with van der Waals surface area (Å²) in [5.41, 5.74) is 2.89. The molecule has 0 fully saturated rings. The van der Waals surface area contributed by atoms with E-state index in [0.29, 0.717) is 6.10 Å². The van der Waals surface area contributed by atoms with Gasteiger partial charge in [-0.2, -0.15) is 0 Å². The topological polar surface area (TPSA) is 13.7 Å². The fraction of sp³-hybridized carbons (Fsp3) is 0.571. The third-order valence-electron chi connectivity index (χ3n) is 3.57. The lowest BCUT2D eigenvalue weighted by Crippen LogP contribution is -3.12. The fourth-order valence-corrected chi connectivity index (χ4v) is 2.45. The molecule has 0 bridgehead atoms. The van der Waals surface area contributed by atoms with Crippen molar-refractivity contribution in [3.05, 3.63) is 35.4 Å². The van der Waals surface area contributed by atoms with E-state index in [2.05, 4.69) is 38.1 Å². The molecule has 1 N–H and O–H groups in total. The Labute approximate surface area is 98.2 Å². The molecular weight excluding hydrogens is 198 g/mol. The first kappa shape index (κ1) is 11.6. The Kier molecular flexibility index (Phi) is 3.97. The molecular formula is C14H22NO+. The van der Waals surface area contributed by atoms with Gasteiger partial charge in [0.05, 0.1) is 19.7 Å². The highest BCUT2D eigenvalue weighted by Gasteiger charge is 2.23. The van der Waals surface area contributed by atoms with E-state index in [1.165, 1.54) is 24.2 Å². The van der Waals surface area contributed by atoms with Crippen LogP contribution in [0.5, 0.6) is 0 Å². The van der Waals surface area contributed by atoms with Crippen molar-refractivity contribution in [1.82, 2.24) is 0 Å². The van der Waals surface area contributed by atoms with Crippen molar-refractivity contribution in [3.8, 4) is 0 Å². The molecule has 88 valence electrons. The van der Waals surface area contributed by atoms with Crippen molar-refractivity contribution in [1.29, 1.82) is 0 Å². The molecule has 0 aromatic heterocycles. The van der Waals surface area contributed by atoms with Gasteiger partial charge in [-0.3, -0.25) is 0 Å². The summed E-state index contributed by atoms with van der Waals surface area (Å²) in [5, 5.41) is 0. The van der Waals surface area contributed by atoms with Gasteiger partial charge in [-0.25, -0.2) is 0 Å². The average molecular weight is 220 g/mol. The number of rotatable bonds is 4. The number of benzene rings is 1. The molecule has 1 aromatic carbocycles. The third-order valence-corrected chi connectivity index (χ3v) is 3.57. The smallest absolute Gasteiger partial charge is 0.132 e. The molecule has 0 radical (unpaired) electrons. The van der Waals surface area contributed by atoms with Crippen LogP contribution in [-0.2, 0) is 11.2 Å². The summed E-state index contributed by atoms with van der Waals surface area (Å²) >= 11 is 0. The van der Waals surface area contributed by atoms with E-state index in [-0.39, 0.29) is 0 Å². The van der Waals surface area contributed by atoms with Crippen LogP contribution in [0.3, 0.4) is 0 Å². The minimum Gasteiger partial charge on any atom is -0.367 e. The first-order chi connectivity index (χ1) is 7.85. The highest BCUT2D eigenvalue weighted by molar-refractivity contribution is 5.30. The molecule has 1 aromatic rings. The first-order valence-corrected chi connectivity index (χ1v) is 6.38. The monoisotopic (exact) mass is 220 g/mol. The molecule has 0 saturated carbocycles. The molecule has 2 rings (SSSR count). The number of nitrogens with one attached hydrogen (secondary N) is 1. The highest BCUT2D eigenvalue weighted by atomic mass is 16.5. The van der Waals surface area contributed by atoms with Crippen LogP contribution in [0.25, 0.3) is 0 Å². The average Bonchev–Trinajstić information content (AvgIpc) is 2.36. The van der Waals surface area contributed by atoms with Crippen LogP contribution in [0.2, 0.25) is 0 Å². The van der Waals surface area contributed by atoms with E-state index >= 15 is 0 Å². The zero-order valence-electron chi connectivity index (χ0n) is 10.3. The Morgan fingerprint density at radius 2 is 2.00 bits per heavy atom. The number of quaternary nitrogens is 1. The molecule has 1 atom stereocenters. The minimum absolute atomic E-state index is 0.305. The lowest BCUT2D eigenvalue weighted by molar-refractivity contribution is -0.900. The molecule has 1 aliphatic rings. The molecule has 0 unspecified atom stereocenters. The molecule has 0 spiro atoms. The van der Waals surface area contributed by atoms with Gasteiger partial charge in [0.2, 0.25) is 0 Å². The van der Waals surface area contributed by atoms with E-state index in [0.717, 1.165) is 19.6 Å². The van der Waals surface area contributed by atoms with Crippen molar-refractivity contribution in [2.24, 2.45) is 0 Å². The van der Waals surface area contributed by atoms with Crippen molar-refractivity contribution >= 4 is 0 Å². The standard InChI is InChI=1S/C14H21NO/c1-3-15(4-2)11-14-13-8-6-5-7-12(13)9-10-16-14/h5-8,14H,3-4,9-11H2,1-2H3/p+1/t14-/m0/s1. The third kappa shape index (κ3) is 2.45. The van der Waals surface area contributed by atoms with Gasteiger partial charge in [-0.05, 0) is 31.4 Å². The summed E-state index contributed by atoms with van der Waals surface area (Å²) < 4.78 is 5.92. The van der Waals surface area contributed by atoms with Gasteiger partial charge in [0.1, 0.15) is 12.6 Å². The van der Waals surface area contributed by atoms with Crippen LogP contribution in [0.1, 0.15) is 31.1 Å². The molecule has 0 aliphatic carbocycles. The van der Waals surface area contributed by atoms with Crippen molar-refractivity contribution in [2.45, 2.75) is 26.4 Å². The summed E-state index contributed by atoms with van der Waals surface area (Å²) in [6, 6.07) is 8.72. The highest BCUT2D eigenvalue weighted by Crippen LogP contribution is 2.25. The van der Waals surface area contributed by atoms with E-state index in [1.54, 1.807) is 4.90 Å². The van der Waals surface area contributed by atoms with Gasteiger partial charge < -0.3 is 9.64 Å². The van der Waals surface area contributed by atoms with Crippen molar-refractivity contribution in [2.75, 3.05) is 26.2 Å². The summed E-state index contributed by atoms with van der Waals surface area (Å²) in [6.45, 7) is 8.82. The molecule has 2 heteroatoms. The Morgan fingerprint density at radius 3 is 2.75 bits per heavy atom. The number of hydrogen-bond acceptors (Lipinski definition) is 1. The Balaban J connectivity index is 2.12. The lowest BCUT2D eigenvalue weighted by Gasteiger charge is -2.28. The second kappa shape index (κ2) is 5.46. The van der Waals surface area contributed by atoms with Gasteiger partial charge >= 0.3 is 0 Å². The fourth-order valence-electron chi connectivity index (χ4n) is 2.45. The summed E-state index contributed by atoms with van der Waals surface area (Å²) in [6.07, 6.45) is 1.38. The van der Waals surface area contributed by atoms with Crippen molar-refractivity contribution < 1.29 is 9.64 Å². The quantitative estimate of drug-likeness (QED) is 0.805. The van der Waals surface area contributed by atoms with E-state index in [9.17, 15) is 0 Å².